The molecule has 0 radical (unpaired) electrons. The van der Waals surface area contributed by atoms with E-state index in [2.05, 4.69) is 11.3 Å². The van der Waals surface area contributed by atoms with Gasteiger partial charge in [0.15, 0.2) is 0 Å². The molecule has 0 aromatic rings. The predicted octanol–water partition coefficient (Wildman–Crippen LogP) is -0.916. The van der Waals surface area contributed by atoms with Gasteiger partial charge in [-0.2, -0.15) is 0 Å². The maximum absolute atomic E-state index is 10.7. The molecule has 0 atom stereocenters. The van der Waals surface area contributed by atoms with Crippen LogP contribution >= 0.6 is 0 Å². The summed E-state index contributed by atoms with van der Waals surface area (Å²) in [6, 6.07) is 0. The van der Waals surface area contributed by atoms with E-state index in [4.69, 9.17) is 5.11 Å². The van der Waals surface area contributed by atoms with Crippen molar-refractivity contribution in [3.8, 4) is 0 Å². The molecule has 0 saturated carbocycles. The summed E-state index contributed by atoms with van der Waals surface area (Å²) in [6.07, 6.45) is 1.44. The molecule has 0 rings (SSSR count). The van der Waals surface area contributed by atoms with Gasteiger partial charge in [-0.1, -0.05) is 6.08 Å². The summed E-state index contributed by atoms with van der Waals surface area (Å²) >= 11 is 0. The minimum absolute atomic E-state index is 0.211. The van der Waals surface area contributed by atoms with Crippen molar-refractivity contribution in [2.24, 2.45) is 0 Å². The molecule has 0 aromatic heterocycles. The lowest BCUT2D eigenvalue weighted by Crippen LogP contribution is -2.27. The van der Waals surface area contributed by atoms with Crippen LogP contribution in [0.15, 0.2) is 12.7 Å². The van der Waals surface area contributed by atoms with Gasteiger partial charge in [-0.05, 0) is 0 Å². The predicted molar refractivity (Wildman–Crippen MR) is 39.1 cm³/mol. The van der Waals surface area contributed by atoms with Crippen LogP contribution in [0.25, 0.3) is 0 Å². The molecule has 4 nitrogen and oxygen atoms in total. The minimum atomic E-state index is -3.27. The van der Waals surface area contributed by atoms with Crippen LogP contribution in [0, 0.1) is 0 Å². The molecule has 0 heterocycles. The first-order valence-corrected chi connectivity index (χ1v) is 4.46. The van der Waals surface area contributed by atoms with E-state index >= 15 is 0 Å². The lowest BCUT2D eigenvalue weighted by atomic mass is 10.7. The first-order valence-electron chi connectivity index (χ1n) is 2.81. The van der Waals surface area contributed by atoms with Crippen molar-refractivity contribution in [1.29, 1.82) is 0 Å². The van der Waals surface area contributed by atoms with Crippen LogP contribution in [-0.2, 0) is 10.0 Å². The minimum Gasteiger partial charge on any atom is -0.395 e. The third kappa shape index (κ3) is 4.49. The molecule has 0 aromatic carbocycles. The van der Waals surface area contributed by atoms with E-state index in [9.17, 15) is 8.42 Å². The van der Waals surface area contributed by atoms with Crippen LogP contribution in [0.4, 0.5) is 0 Å². The van der Waals surface area contributed by atoms with E-state index in [1.165, 1.54) is 6.08 Å². The molecule has 0 amide bonds. The molecular weight excluding hydrogens is 154 g/mol. The molecule has 0 saturated heterocycles. The lowest BCUT2D eigenvalue weighted by Gasteiger charge is -1.99. The van der Waals surface area contributed by atoms with Gasteiger partial charge in [0.25, 0.3) is 0 Å². The molecule has 0 aliphatic heterocycles. The second kappa shape index (κ2) is 4.43. The summed E-state index contributed by atoms with van der Waals surface area (Å²) < 4.78 is 23.5. The average Bonchev–Trinajstić information content (AvgIpc) is 1.84. The Morgan fingerprint density at radius 1 is 1.60 bits per heavy atom. The zero-order valence-electron chi connectivity index (χ0n) is 5.58. The number of aliphatic hydroxyl groups excluding tert-OH is 1. The Hall–Kier alpha value is -0.390. The van der Waals surface area contributed by atoms with Crippen molar-refractivity contribution < 1.29 is 13.5 Å². The number of sulfonamides is 1. The molecule has 0 aliphatic rings. The third-order valence-electron chi connectivity index (χ3n) is 0.808. The van der Waals surface area contributed by atoms with Crippen molar-refractivity contribution >= 4 is 10.0 Å². The Morgan fingerprint density at radius 3 is 2.60 bits per heavy atom. The second-order valence-electron chi connectivity index (χ2n) is 1.68. The number of aliphatic hydroxyl groups is 1. The molecule has 0 spiro atoms. The van der Waals surface area contributed by atoms with Crippen LogP contribution in [-0.4, -0.2) is 32.4 Å². The molecule has 2 N–H and O–H groups in total. The Kier molecular flexibility index (Phi) is 4.26. The first-order chi connectivity index (χ1) is 4.62. The second-order valence-corrected chi connectivity index (χ2v) is 3.61. The normalized spacial score (nSPS) is 11.3. The average molecular weight is 165 g/mol. The Morgan fingerprint density at radius 2 is 2.20 bits per heavy atom. The van der Waals surface area contributed by atoms with Crippen LogP contribution in [0.5, 0.6) is 0 Å². The molecule has 60 valence electrons. The van der Waals surface area contributed by atoms with Gasteiger partial charge in [-0.25, -0.2) is 13.1 Å². The molecule has 5 heteroatoms. The van der Waals surface area contributed by atoms with E-state index in [1.54, 1.807) is 0 Å². The Labute approximate surface area is 60.6 Å². The van der Waals surface area contributed by atoms with Gasteiger partial charge >= 0.3 is 0 Å². The van der Waals surface area contributed by atoms with Crippen molar-refractivity contribution in [1.82, 2.24) is 4.72 Å². The molecular formula is C5H11NO3S. The maximum atomic E-state index is 10.7. The number of nitrogens with one attached hydrogen (secondary N) is 1. The summed E-state index contributed by atoms with van der Waals surface area (Å²) in [5.41, 5.74) is 0. The molecule has 10 heavy (non-hydrogen) atoms. The van der Waals surface area contributed by atoms with Gasteiger partial charge in [0.05, 0.1) is 12.4 Å². The van der Waals surface area contributed by atoms with Gasteiger partial charge in [0.1, 0.15) is 0 Å². The highest BCUT2D eigenvalue weighted by Gasteiger charge is 2.05. The van der Waals surface area contributed by atoms with E-state index in [-0.39, 0.29) is 18.9 Å². The van der Waals surface area contributed by atoms with Gasteiger partial charge < -0.3 is 5.11 Å². The number of rotatable bonds is 5. The monoisotopic (exact) mass is 165 g/mol. The maximum Gasteiger partial charge on any atom is 0.214 e. The zero-order valence-corrected chi connectivity index (χ0v) is 6.39. The molecule has 0 unspecified atom stereocenters. The van der Waals surface area contributed by atoms with E-state index in [0.717, 1.165) is 0 Å². The van der Waals surface area contributed by atoms with Crippen molar-refractivity contribution in [2.75, 3.05) is 18.9 Å². The summed E-state index contributed by atoms with van der Waals surface area (Å²) in [6.45, 7) is 3.19. The number of hydrogen-bond acceptors (Lipinski definition) is 3. The highest BCUT2D eigenvalue weighted by Crippen LogP contribution is 1.80. The van der Waals surface area contributed by atoms with Gasteiger partial charge in [0.2, 0.25) is 10.0 Å². The summed E-state index contributed by atoms with van der Waals surface area (Å²) in [5.74, 6) is -0.249. The number of hydrogen-bond donors (Lipinski definition) is 2. The van der Waals surface area contributed by atoms with Crippen LogP contribution in [0.1, 0.15) is 0 Å². The zero-order chi connectivity index (χ0) is 8.04. The highest BCUT2D eigenvalue weighted by molar-refractivity contribution is 7.89. The standard InChI is InChI=1S/C5H11NO3S/c1-2-3-6-10(8,9)5-4-7/h2,6-7H,1,3-5H2. The molecule has 0 fully saturated rings. The van der Waals surface area contributed by atoms with Crippen molar-refractivity contribution in [3.63, 3.8) is 0 Å². The topological polar surface area (TPSA) is 66.4 Å². The van der Waals surface area contributed by atoms with E-state index in [0.29, 0.717) is 0 Å². The lowest BCUT2D eigenvalue weighted by molar-refractivity contribution is 0.319. The van der Waals surface area contributed by atoms with Crippen LogP contribution < -0.4 is 4.72 Å². The van der Waals surface area contributed by atoms with Crippen LogP contribution in [0.3, 0.4) is 0 Å². The smallest absolute Gasteiger partial charge is 0.214 e. The molecule has 0 aliphatic carbocycles. The van der Waals surface area contributed by atoms with Crippen molar-refractivity contribution in [3.05, 3.63) is 12.7 Å². The first kappa shape index (κ1) is 9.61. The SMILES string of the molecule is C=CCNS(=O)(=O)CCO. The van der Waals surface area contributed by atoms with E-state index < -0.39 is 10.0 Å². The van der Waals surface area contributed by atoms with E-state index in [1.807, 2.05) is 0 Å². The van der Waals surface area contributed by atoms with Gasteiger partial charge in [0, 0.05) is 6.54 Å². The quantitative estimate of drug-likeness (QED) is 0.518. The van der Waals surface area contributed by atoms with Gasteiger partial charge in [-0.15, -0.1) is 6.58 Å². The van der Waals surface area contributed by atoms with Crippen LogP contribution in [0.2, 0.25) is 0 Å². The Balaban J connectivity index is 3.76. The Bertz CT molecular complexity index is 185. The highest BCUT2D eigenvalue weighted by atomic mass is 32.2. The fourth-order valence-corrected chi connectivity index (χ4v) is 1.13. The van der Waals surface area contributed by atoms with Crippen molar-refractivity contribution in [2.45, 2.75) is 0 Å². The van der Waals surface area contributed by atoms with Gasteiger partial charge in [-0.3, -0.25) is 0 Å². The fourth-order valence-electron chi connectivity index (χ4n) is 0.378. The summed E-state index contributed by atoms with van der Waals surface area (Å²) in [5, 5.41) is 8.26. The summed E-state index contributed by atoms with van der Waals surface area (Å²) in [7, 11) is -3.27. The third-order valence-corrected chi connectivity index (χ3v) is 2.13. The largest absolute Gasteiger partial charge is 0.395 e. The molecule has 0 bridgehead atoms. The fraction of sp³-hybridized carbons (Fsp3) is 0.600. The summed E-state index contributed by atoms with van der Waals surface area (Å²) in [4.78, 5) is 0.